The van der Waals surface area contributed by atoms with Crippen LogP contribution in [0.15, 0.2) is 90.3 Å². The molecule has 0 amide bonds. The standard InChI is InChI=1S/C24H20FNO3S/c1-3-18-19-8-5-7-11-22(19)26(30(28,29)17-14-12-16(2)13-15-17)23(18)24(27)20-9-4-6-10-21(20)25/h3-15,18,23H,1H2,2H3/t18-,23-/m1/s1. The van der Waals surface area contributed by atoms with Gasteiger partial charge in [-0.15, -0.1) is 6.58 Å². The fraction of sp³-hybridized carbons (Fsp3) is 0.125. The van der Waals surface area contributed by atoms with Crippen molar-refractivity contribution < 1.29 is 17.6 Å². The molecule has 3 aromatic rings. The molecule has 3 aromatic carbocycles. The van der Waals surface area contributed by atoms with Gasteiger partial charge >= 0.3 is 0 Å². The average Bonchev–Trinajstić information content (AvgIpc) is 3.09. The monoisotopic (exact) mass is 421 g/mol. The number of hydrogen-bond donors (Lipinski definition) is 0. The number of ketones is 1. The summed E-state index contributed by atoms with van der Waals surface area (Å²) in [5.74, 6) is -1.90. The Morgan fingerprint density at radius 1 is 1.00 bits per heavy atom. The van der Waals surface area contributed by atoms with Crippen molar-refractivity contribution in [3.05, 3.63) is 108 Å². The number of Topliss-reactive ketones (excluding diaryl/α,β-unsaturated/α-hetero) is 1. The van der Waals surface area contributed by atoms with E-state index >= 15 is 0 Å². The van der Waals surface area contributed by atoms with Gasteiger partial charge in [0.1, 0.15) is 11.9 Å². The van der Waals surface area contributed by atoms with Gasteiger partial charge in [0.05, 0.1) is 16.1 Å². The molecule has 0 fully saturated rings. The van der Waals surface area contributed by atoms with E-state index in [0.29, 0.717) is 11.3 Å². The van der Waals surface area contributed by atoms with Crippen LogP contribution in [0, 0.1) is 12.7 Å². The fourth-order valence-corrected chi connectivity index (χ4v) is 5.54. The zero-order chi connectivity index (χ0) is 21.5. The van der Waals surface area contributed by atoms with E-state index in [4.69, 9.17) is 0 Å². The van der Waals surface area contributed by atoms with Crippen molar-refractivity contribution in [2.75, 3.05) is 4.31 Å². The van der Waals surface area contributed by atoms with Crippen LogP contribution in [0.1, 0.15) is 27.4 Å². The summed E-state index contributed by atoms with van der Waals surface area (Å²) in [5.41, 5.74) is 1.83. The van der Waals surface area contributed by atoms with Gasteiger partial charge in [-0.05, 0) is 42.8 Å². The van der Waals surface area contributed by atoms with Crippen molar-refractivity contribution in [1.82, 2.24) is 0 Å². The summed E-state index contributed by atoms with van der Waals surface area (Å²) in [7, 11) is -4.08. The number of fused-ring (bicyclic) bond motifs is 1. The Morgan fingerprint density at radius 2 is 1.63 bits per heavy atom. The van der Waals surface area contributed by atoms with Gasteiger partial charge in [-0.25, -0.2) is 12.8 Å². The molecule has 0 aliphatic carbocycles. The van der Waals surface area contributed by atoms with Gasteiger partial charge in [-0.1, -0.05) is 54.1 Å². The highest BCUT2D eigenvalue weighted by Gasteiger charge is 2.47. The smallest absolute Gasteiger partial charge is 0.265 e. The van der Waals surface area contributed by atoms with E-state index in [1.165, 1.54) is 30.3 Å². The molecule has 4 nitrogen and oxygen atoms in total. The predicted octanol–water partition coefficient (Wildman–Crippen LogP) is 4.86. The Bertz CT molecular complexity index is 1240. The minimum atomic E-state index is -4.08. The number of hydrogen-bond acceptors (Lipinski definition) is 3. The molecule has 0 saturated heterocycles. The van der Waals surface area contributed by atoms with Crippen LogP contribution in [0.2, 0.25) is 0 Å². The first-order valence-electron chi connectivity index (χ1n) is 9.47. The maximum absolute atomic E-state index is 14.4. The van der Waals surface area contributed by atoms with Crippen LogP contribution >= 0.6 is 0 Å². The summed E-state index contributed by atoms with van der Waals surface area (Å²) >= 11 is 0. The number of sulfonamides is 1. The molecule has 2 atom stereocenters. The number of para-hydroxylation sites is 1. The third-order valence-corrected chi connectivity index (χ3v) is 7.18. The molecule has 0 unspecified atom stereocenters. The van der Waals surface area contributed by atoms with Crippen molar-refractivity contribution in [3.8, 4) is 0 Å². The van der Waals surface area contributed by atoms with Gasteiger partial charge < -0.3 is 0 Å². The Morgan fingerprint density at radius 3 is 2.30 bits per heavy atom. The first-order chi connectivity index (χ1) is 14.4. The number of aryl methyl sites for hydroxylation is 1. The van der Waals surface area contributed by atoms with Crippen molar-refractivity contribution in [3.63, 3.8) is 0 Å². The quantitative estimate of drug-likeness (QED) is 0.437. The number of benzene rings is 3. The van der Waals surface area contributed by atoms with E-state index in [2.05, 4.69) is 6.58 Å². The molecule has 30 heavy (non-hydrogen) atoms. The SMILES string of the molecule is C=C[C@@H]1c2ccccc2N(S(=O)(=O)c2ccc(C)cc2)[C@H]1C(=O)c1ccccc1F. The molecule has 1 aliphatic heterocycles. The van der Waals surface area contributed by atoms with E-state index in [1.807, 2.05) is 6.92 Å². The van der Waals surface area contributed by atoms with E-state index in [0.717, 1.165) is 9.87 Å². The largest absolute Gasteiger partial charge is 0.292 e. The van der Waals surface area contributed by atoms with Crippen LogP contribution in [-0.4, -0.2) is 20.2 Å². The second kappa shape index (κ2) is 7.54. The summed E-state index contributed by atoms with van der Waals surface area (Å²) in [4.78, 5) is 13.5. The molecule has 1 heterocycles. The molecular formula is C24H20FNO3S. The van der Waals surface area contributed by atoms with Gasteiger partial charge in [0.2, 0.25) is 0 Å². The van der Waals surface area contributed by atoms with Crippen molar-refractivity contribution >= 4 is 21.5 Å². The predicted molar refractivity (Wildman–Crippen MR) is 115 cm³/mol. The molecule has 0 N–H and O–H groups in total. The Labute approximate surface area is 175 Å². The third kappa shape index (κ3) is 3.13. The topological polar surface area (TPSA) is 54.5 Å². The number of anilines is 1. The Hall–Kier alpha value is -3.25. The lowest BCUT2D eigenvalue weighted by molar-refractivity contribution is 0.0957. The summed E-state index contributed by atoms with van der Waals surface area (Å²) in [5, 5.41) is 0. The minimum Gasteiger partial charge on any atom is -0.292 e. The van der Waals surface area contributed by atoms with E-state index < -0.39 is 33.6 Å². The number of nitrogens with zero attached hydrogens (tertiary/aromatic N) is 1. The van der Waals surface area contributed by atoms with E-state index in [9.17, 15) is 17.6 Å². The summed E-state index contributed by atoms with van der Waals surface area (Å²) in [6.07, 6.45) is 1.55. The molecule has 0 spiro atoms. The second-order valence-corrected chi connectivity index (χ2v) is 9.04. The molecule has 0 aromatic heterocycles. The van der Waals surface area contributed by atoms with Crippen molar-refractivity contribution in [2.24, 2.45) is 0 Å². The van der Waals surface area contributed by atoms with Crippen LogP contribution in [-0.2, 0) is 10.0 Å². The Balaban J connectivity index is 1.93. The van der Waals surface area contributed by atoms with E-state index in [-0.39, 0.29) is 10.5 Å². The lowest BCUT2D eigenvalue weighted by Gasteiger charge is -2.28. The first-order valence-corrected chi connectivity index (χ1v) is 10.9. The van der Waals surface area contributed by atoms with Crippen LogP contribution in [0.3, 0.4) is 0 Å². The summed E-state index contributed by atoms with van der Waals surface area (Å²) in [6.45, 7) is 5.68. The minimum absolute atomic E-state index is 0.0685. The van der Waals surface area contributed by atoms with E-state index in [1.54, 1.807) is 48.5 Å². The number of rotatable bonds is 5. The zero-order valence-corrected chi connectivity index (χ0v) is 17.1. The average molecular weight is 421 g/mol. The maximum Gasteiger partial charge on any atom is 0.265 e. The van der Waals surface area contributed by atoms with Gasteiger partial charge in [0.15, 0.2) is 5.78 Å². The first kappa shape index (κ1) is 20.0. The van der Waals surface area contributed by atoms with Gasteiger partial charge in [0, 0.05) is 5.92 Å². The highest BCUT2D eigenvalue weighted by molar-refractivity contribution is 7.93. The normalized spacial score (nSPS) is 18.1. The Kier molecular flexibility index (Phi) is 5.03. The molecule has 1 aliphatic rings. The lowest BCUT2D eigenvalue weighted by atomic mass is 9.90. The summed E-state index contributed by atoms with van der Waals surface area (Å²) < 4.78 is 42.8. The van der Waals surface area contributed by atoms with Crippen molar-refractivity contribution in [2.45, 2.75) is 23.8 Å². The number of halogens is 1. The molecule has 0 radical (unpaired) electrons. The van der Waals surface area contributed by atoms with Gasteiger partial charge in [-0.2, -0.15) is 0 Å². The van der Waals surface area contributed by atoms with Gasteiger partial charge in [0.25, 0.3) is 10.0 Å². The van der Waals surface area contributed by atoms with Crippen molar-refractivity contribution in [1.29, 1.82) is 0 Å². The van der Waals surface area contributed by atoms with Crippen LogP contribution in [0.5, 0.6) is 0 Å². The molecule has 0 saturated carbocycles. The zero-order valence-electron chi connectivity index (χ0n) is 16.3. The summed E-state index contributed by atoms with van der Waals surface area (Å²) in [6, 6.07) is 17.8. The van der Waals surface area contributed by atoms with Crippen LogP contribution in [0.25, 0.3) is 0 Å². The highest BCUT2D eigenvalue weighted by atomic mass is 32.2. The van der Waals surface area contributed by atoms with Crippen LogP contribution < -0.4 is 4.31 Å². The second-order valence-electron chi connectivity index (χ2n) is 7.22. The molecule has 6 heteroatoms. The molecule has 4 rings (SSSR count). The highest BCUT2D eigenvalue weighted by Crippen LogP contribution is 2.45. The number of carbonyl (C=O) groups excluding carboxylic acids is 1. The molecular weight excluding hydrogens is 401 g/mol. The third-order valence-electron chi connectivity index (χ3n) is 5.37. The molecule has 152 valence electrons. The fourth-order valence-electron chi connectivity index (χ4n) is 3.88. The molecule has 0 bridgehead atoms. The van der Waals surface area contributed by atoms with Crippen LogP contribution in [0.4, 0.5) is 10.1 Å². The lowest BCUT2D eigenvalue weighted by Crippen LogP contribution is -2.44. The maximum atomic E-state index is 14.4. The van der Waals surface area contributed by atoms with Gasteiger partial charge in [-0.3, -0.25) is 9.10 Å². The number of carbonyl (C=O) groups is 1.